The van der Waals surface area contributed by atoms with E-state index in [0.29, 0.717) is 27.9 Å². The van der Waals surface area contributed by atoms with Crippen molar-refractivity contribution in [3.05, 3.63) is 83.1 Å². The zero-order valence-electron chi connectivity index (χ0n) is 19.9. The third-order valence-corrected chi connectivity index (χ3v) is 5.67. The molecule has 2 N–H and O–H groups in total. The van der Waals surface area contributed by atoms with Gasteiger partial charge in [-0.05, 0) is 55.3 Å². The Labute approximate surface area is 210 Å². The topological polar surface area (TPSA) is 75.2 Å². The number of ether oxygens (including phenoxy) is 2. The Kier molecular flexibility index (Phi) is 6.04. The van der Waals surface area contributed by atoms with E-state index < -0.39 is 29.2 Å². The van der Waals surface area contributed by atoms with Gasteiger partial charge in [-0.1, -0.05) is 24.0 Å². The number of hydrogen-bond acceptors (Lipinski definition) is 5. The number of pyridine rings is 1. The highest BCUT2D eigenvalue weighted by atomic mass is 19.4. The van der Waals surface area contributed by atoms with Crippen LogP contribution in [0.1, 0.15) is 42.2 Å². The van der Waals surface area contributed by atoms with Crippen molar-refractivity contribution in [3.63, 3.8) is 0 Å². The van der Waals surface area contributed by atoms with Gasteiger partial charge < -0.3 is 19.8 Å². The molecule has 2 aromatic carbocycles. The van der Waals surface area contributed by atoms with Crippen LogP contribution >= 0.6 is 0 Å². The molecular formula is C27H22F4N4O2. The highest BCUT2D eigenvalue weighted by Crippen LogP contribution is 2.40. The molecular weight excluding hydrogens is 488 g/mol. The van der Waals surface area contributed by atoms with E-state index in [1.54, 1.807) is 23.2 Å². The van der Waals surface area contributed by atoms with Crippen LogP contribution in [0, 0.1) is 17.7 Å². The quantitative estimate of drug-likeness (QED) is 0.302. The van der Waals surface area contributed by atoms with Crippen molar-refractivity contribution in [1.29, 1.82) is 0 Å². The Morgan fingerprint density at radius 2 is 1.86 bits per heavy atom. The summed E-state index contributed by atoms with van der Waals surface area (Å²) in [7, 11) is 0. The zero-order chi connectivity index (χ0) is 26.4. The summed E-state index contributed by atoms with van der Waals surface area (Å²) < 4.78 is 66.8. The Bertz CT molecular complexity index is 1530. The van der Waals surface area contributed by atoms with Gasteiger partial charge in [0.2, 0.25) is 0 Å². The van der Waals surface area contributed by atoms with Gasteiger partial charge in [-0.25, -0.2) is 14.4 Å². The van der Waals surface area contributed by atoms with E-state index in [1.807, 2.05) is 19.9 Å². The first-order chi connectivity index (χ1) is 17.5. The minimum absolute atomic E-state index is 0.0280. The third-order valence-electron chi connectivity index (χ3n) is 5.67. The van der Waals surface area contributed by atoms with E-state index in [0.717, 1.165) is 12.1 Å². The zero-order valence-corrected chi connectivity index (χ0v) is 19.9. The van der Waals surface area contributed by atoms with Crippen LogP contribution in [-0.4, -0.2) is 26.7 Å². The number of halogens is 4. The fraction of sp³-hybridized carbons (Fsp3) is 0.259. The lowest BCUT2D eigenvalue weighted by molar-refractivity contribution is -0.137. The number of fused-ring (bicyclic) bond motifs is 2. The van der Waals surface area contributed by atoms with Gasteiger partial charge in [-0.2, -0.15) is 13.2 Å². The highest BCUT2D eigenvalue weighted by molar-refractivity contribution is 5.72. The summed E-state index contributed by atoms with van der Waals surface area (Å²) in [5.74, 6) is 5.43. The van der Waals surface area contributed by atoms with Gasteiger partial charge in [-0.3, -0.25) is 0 Å². The average Bonchev–Trinajstić information content (AvgIpc) is 3.23. The molecule has 0 spiro atoms. The Morgan fingerprint density at radius 3 is 2.57 bits per heavy atom. The summed E-state index contributed by atoms with van der Waals surface area (Å²) >= 11 is 0. The molecule has 37 heavy (non-hydrogen) atoms. The maximum Gasteiger partial charge on any atom is 0.416 e. The van der Waals surface area contributed by atoms with Gasteiger partial charge in [0.05, 0.1) is 24.0 Å². The highest BCUT2D eigenvalue weighted by Gasteiger charge is 2.31. The van der Waals surface area contributed by atoms with Crippen molar-refractivity contribution in [1.82, 2.24) is 14.5 Å². The van der Waals surface area contributed by atoms with Crippen LogP contribution in [0.25, 0.3) is 11.2 Å². The number of aromatic nitrogens is 3. The molecule has 190 valence electrons. The van der Waals surface area contributed by atoms with Crippen LogP contribution in [0.2, 0.25) is 0 Å². The molecule has 0 aliphatic carbocycles. The van der Waals surface area contributed by atoms with Gasteiger partial charge in [0.25, 0.3) is 0 Å². The van der Waals surface area contributed by atoms with E-state index in [9.17, 15) is 17.6 Å². The molecule has 1 aliphatic heterocycles. The summed E-state index contributed by atoms with van der Waals surface area (Å²) in [6.07, 6.45) is -1.94. The van der Waals surface area contributed by atoms with Crippen molar-refractivity contribution >= 4 is 11.2 Å². The molecule has 6 nitrogen and oxygen atoms in total. The van der Waals surface area contributed by atoms with E-state index >= 15 is 0 Å². The van der Waals surface area contributed by atoms with Crippen LogP contribution in [0.5, 0.6) is 11.5 Å². The molecule has 0 bridgehead atoms. The first-order valence-electron chi connectivity index (χ1n) is 11.4. The van der Waals surface area contributed by atoms with Crippen LogP contribution in [0.15, 0.2) is 55.0 Å². The van der Waals surface area contributed by atoms with Crippen molar-refractivity contribution < 1.29 is 27.0 Å². The molecule has 0 radical (unpaired) electrons. The molecule has 0 amide bonds. The van der Waals surface area contributed by atoms with Crippen molar-refractivity contribution in [3.8, 4) is 23.3 Å². The molecule has 1 aliphatic rings. The number of benzene rings is 2. The van der Waals surface area contributed by atoms with E-state index in [1.165, 1.54) is 18.2 Å². The SMILES string of the molecule is CC(C)(N)C#Cc1cnc2c(c1)ncn2Cc1cc(F)c2c(c1)OCC(c1ccc(C(F)(F)F)cc1)O2. The van der Waals surface area contributed by atoms with Crippen molar-refractivity contribution in [2.45, 2.75) is 38.2 Å². The minimum atomic E-state index is -4.44. The number of nitrogens with zero attached hydrogens (tertiary/aromatic N) is 3. The van der Waals surface area contributed by atoms with Gasteiger partial charge in [0.1, 0.15) is 12.1 Å². The Balaban J connectivity index is 1.34. The molecule has 5 rings (SSSR count). The minimum Gasteiger partial charge on any atom is -0.485 e. The molecule has 1 unspecified atom stereocenters. The summed E-state index contributed by atoms with van der Waals surface area (Å²) in [5.41, 5.74) is 7.49. The lowest BCUT2D eigenvalue weighted by atomic mass is 10.1. The number of nitrogens with two attached hydrogens (primary N) is 1. The van der Waals surface area contributed by atoms with E-state index in [2.05, 4.69) is 21.8 Å². The first-order valence-corrected chi connectivity index (χ1v) is 11.4. The average molecular weight is 510 g/mol. The second kappa shape index (κ2) is 9.09. The van der Waals surface area contributed by atoms with Gasteiger partial charge in [0, 0.05) is 11.8 Å². The second-order valence-electron chi connectivity index (χ2n) is 9.35. The second-order valence-corrected chi connectivity index (χ2v) is 9.35. The molecule has 0 saturated carbocycles. The summed E-state index contributed by atoms with van der Waals surface area (Å²) in [6, 6.07) is 9.34. The fourth-order valence-electron chi connectivity index (χ4n) is 3.89. The van der Waals surface area contributed by atoms with Crippen LogP contribution in [0.3, 0.4) is 0 Å². The Morgan fingerprint density at radius 1 is 1.11 bits per heavy atom. The lowest BCUT2D eigenvalue weighted by Crippen LogP contribution is -2.29. The van der Waals surface area contributed by atoms with Crippen LogP contribution in [0.4, 0.5) is 17.6 Å². The Hall–Kier alpha value is -4.10. The molecule has 2 aromatic heterocycles. The lowest BCUT2D eigenvalue weighted by Gasteiger charge is -2.27. The van der Waals surface area contributed by atoms with Crippen LogP contribution < -0.4 is 15.2 Å². The molecule has 0 saturated heterocycles. The van der Waals surface area contributed by atoms with E-state index in [4.69, 9.17) is 15.2 Å². The predicted molar refractivity (Wildman–Crippen MR) is 128 cm³/mol. The van der Waals surface area contributed by atoms with Gasteiger partial charge in [-0.15, -0.1) is 0 Å². The number of imidazole rings is 1. The number of rotatable bonds is 3. The standard InChI is InChI=1S/C27H22F4N4O2/c1-26(2,32)8-7-16-10-21-25(33-12-16)35(15-34-21)13-17-9-20(28)24-22(11-17)36-14-23(37-24)18-3-5-19(6-4-18)27(29,30)31/h3-6,9-12,15,23H,13-14,32H2,1-2H3. The maximum atomic E-state index is 15.0. The summed E-state index contributed by atoms with van der Waals surface area (Å²) in [5, 5.41) is 0. The normalized spacial score (nSPS) is 15.4. The summed E-state index contributed by atoms with van der Waals surface area (Å²) in [6.45, 7) is 3.92. The molecule has 4 aromatic rings. The number of hydrogen-bond donors (Lipinski definition) is 1. The maximum absolute atomic E-state index is 15.0. The smallest absolute Gasteiger partial charge is 0.416 e. The predicted octanol–water partition coefficient (Wildman–Crippen LogP) is 5.24. The molecule has 3 heterocycles. The molecule has 1 atom stereocenters. The van der Waals surface area contributed by atoms with Gasteiger partial charge >= 0.3 is 6.18 Å². The summed E-state index contributed by atoms with van der Waals surface area (Å²) in [4.78, 5) is 8.83. The largest absolute Gasteiger partial charge is 0.485 e. The fourth-order valence-corrected chi connectivity index (χ4v) is 3.89. The monoisotopic (exact) mass is 510 g/mol. The van der Waals surface area contributed by atoms with Gasteiger partial charge in [0.15, 0.2) is 29.1 Å². The van der Waals surface area contributed by atoms with Crippen LogP contribution in [-0.2, 0) is 12.7 Å². The van der Waals surface area contributed by atoms with Crippen molar-refractivity contribution in [2.75, 3.05) is 6.61 Å². The first kappa shape index (κ1) is 24.6. The molecule has 0 fully saturated rings. The number of alkyl halides is 3. The molecule has 10 heteroatoms. The van der Waals surface area contributed by atoms with E-state index in [-0.39, 0.29) is 24.7 Å². The third kappa shape index (κ3) is 5.37. The van der Waals surface area contributed by atoms with Crippen molar-refractivity contribution in [2.24, 2.45) is 5.73 Å².